The van der Waals surface area contributed by atoms with Crippen molar-refractivity contribution in [2.75, 3.05) is 20.1 Å². The van der Waals surface area contributed by atoms with Gasteiger partial charge < -0.3 is 8.98 Å². The Morgan fingerprint density at radius 3 is 3.00 bits per heavy atom. The average molecular weight is 330 g/mol. The summed E-state index contributed by atoms with van der Waals surface area (Å²) in [5.41, 5.74) is 1.14. The Morgan fingerprint density at radius 2 is 2.29 bits per heavy atom. The lowest BCUT2D eigenvalue weighted by Crippen LogP contribution is -2.34. The number of aromatic nitrogens is 2. The summed E-state index contributed by atoms with van der Waals surface area (Å²) in [5, 5.41) is 0. The number of rotatable bonds is 6. The second kappa shape index (κ2) is 7.32. The van der Waals surface area contributed by atoms with Crippen molar-refractivity contribution in [1.82, 2.24) is 19.4 Å². The summed E-state index contributed by atoms with van der Waals surface area (Å²) in [6.07, 6.45) is 5.67. The molecule has 0 spiro atoms. The third-order valence-corrected chi connectivity index (χ3v) is 4.78. The second-order valence-corrected chi connectivity index (χ2v) is 6.65. The van der Waals surface area contributed by atoms with Gasteiger partial charge in [0.25, 0.3) is 5.56 Å². The molecular formula is C18H26N4O2. The summed E-state index contributed by atoms with van der Waals surface area (Å²) in [4.78, 5) is 20.8. The van der Waals surface area contributed by atoms with Crippen molar-refractivity contribution in [3.8, 4) is 0 Å². The van der Waals surface area contributed by atoms with Crippen molar-refractivity contribution in [1.29, 1.82) is 0 Å². The first-order valence-corrected chi connectivity index (χ1v) is 8.57. The van der Waals surface area contributed by atoms with Crippen LogP contribution in [0.1, 0.15) is 30.6 Å². The summed E-state index contributed by atoms with van der Waals surface area (Å²) in [7, 11) is 3.90. The number of hydrogen-bond donors (Lipinski definition) is 0. The van der Waals surface area contributed by atoms with E-state index in [1.165, 1.54) is 0 Å². The molecule has 1 saturated heterocycles. The number of nitrogens with zero attached hydrogens (tertiary/aromatic N) is 4. The zero-order chi connectivity index (χ0) is 17.1. The summed E-state index contributed by atoms with van der Waals surface area (Å²) >= 11 is 0. The van der Waals surface area contributed by atoms with E-state index in [2.05, 4.69) is 28.8 Å². The van der Waals surface area contributed by atoms with Crippen LogP contribution in [-0.4, -0.2) is 45.5 Å². The number of pyridine rings is 1. The van der Waals surface area contributed by atoms with Gasteiger partial charge in [0, 0.05) is 51.4 Å². The van der Waals surface area contributed by atoms with Crippen LogP contribution in [0.2, 0.25) is 0 Å². The monoisotopic (exact) mass is 330 g/mol. The van der Waals surface area contributed by atoms with Crippen LogP contribution in [0.15, 0.2) is 33.7 Å². The molecule has 0 amide bonds. The summed E-state index contributed by atoms with van der Waals surface area (Å²) < 4.78 is 7.31. The van der Waals surface area contributed by atoms with Crippen LogP contribution >= 0.6 is 0 Å². The molecular weight excluding hydrogens is 304 g/mol. The average Bonchev–Trinajstić information content (AvgIpc) is 3.20. The zero-order valence-corrected chi connectivity index (χ0v) is 14.7. The molecule has 2 aromatic rings. The molecule has 1 fully saturated rings. The fourth-order valence-corrected chi connectivity index (χ4v) is 3.19. The van der Waals surface area contributed by atoms with Crippen LogP contribution < -0.4 is 5.56 Å². The molecule has 130 valence electrons. The second-order valence-electron chi connectivity index (χ2n) is 6.65. The van der Waals surface area contributed by atoms with Crippen molar-refractivity contribution in [2.45, 2.75) is 38.9 Å². The van der Waals surface area contributed by atoms with E-state index >= 15 is 0 Å². The van der Waals surface area contributed by atoms with E-state index < -0.39 is 0 Å². The molecule has 0 bridgehead atoms. The molecule has 1 aliphatic heterocycles. The Bertz CT molecular complexity index is 737. The molecule has 3 rings (SSSR count). The van der Waals surface area contributed by atoms with Gasteiger partial charge in [-0.05, 0) is 25.1 Å². The first-order valence-electron chi connectivity index (χ1n) is 8.57. The van der Waals surface area contributed by atoms with Gasteiger partial charge >= 0.3 is 0 Å². The van der Waals surface area contributed by atoms with E-state index in [-0.39, 0.29) is 5.56 Å². The van der Waals surface area contributed by atoms with Crippen LogP contribution in [0.25, 0.3) is 0 Å². The van der Waals surface area contributed by atoms with Crippen molar-refractivity contribution >= 4 is 0 Å². The fourth-order valence-electron chi connectivity index (χ4n) is 3.19. The highest BCUT2D eigenvalue weighted by atomic mass is 16.4. The van der Waals surface area contributed by atoms with Crippen molar-refractivity contribution in [3.05, 3.63) is 52.1 Å². The van der Waals surface area contributed by atoms with Gasteiger partial charge in [-0.2, -0.15) is 0 Å². The third-order valence-electron chi connectivity index (χ3n) is 4.78. The van der Waals surface area contributed by atoms with E-state index in [1.807, 2.05) is 18.5 Å². The smallest absolute Gasteiger partial charge is 0.250 e. The molecule has 2 aromatic heterocycles. The Labute approximate surface area is 142 Å². The molecule has 24 heavy (non-hydrogen) atoms. The van der Waals surface area contributed by atoms with Gasteiger partial charge in [-0.1, -0.05) is 6.92 Å². The molecule has 0 N–H and O–H groups in total. The predicted octanol–water partition coefficient (Wildman–Crippen LogP) is 1.64. The molecule has 3 heterocycles. The van der Waals surface area contributed by atoms with Crippen molar-refractivity contribution < 1.29 is 4.42 Å². The van der Waals surface area contributed by atoms with Crippen LogP contribution in [0.4, 0.5) is 0 Å². The van der Waals surface area contributed by atoms with Gasteiger partial charge in [0.15, 0.2) is 0 Å². The summed E-state index contributed by atoms with van der Waals surface area (Å²) in [6.45, 7) is 5.70. The van der Waals surface area contributed by atoms with E-state index in [9.17, 15) is 4.79 Å². The van der Waals surface area contributed by atoms with Gasteiger partial charge in [0.2, 0.25) is 5.89 Å². The molecule has 0 aromatic carbocycles. The SMILES string of the molecule is CCc1cnc(CN(C)[C@H]2CCN(Cc3ccn(C)c(=O)c3)C2)o1. The van der Waals surface area contributed by atoms with E-state index in [4.69, 9.17) is 4.42 Å². The van der Waals surface area contributed by atoms with Gasteiger partial charge in [0.1, 0.15) is 5.76 Å². The normalized spacial score (nSPS) is 18.6. The largest absolute Gasteiger partial charge is 0.444 e. The molecule has 6 nitrogen and oxygen atoms in total. The maximum absolute atomic E-state index is 11.7. The number of likely N-dealkylation sites (tertiary alicyclic amines) is 1. The fraction of sp³-hybridized carbons (Fsp3) is 0.556. The van der Waals surface area contributed by atoms with Crippen LogP contribution in [0.3, 0.4) is 0 Å². The van der Waals surface area contributed by atoms with Crippen molar-refractivity contribution in [2.24, 2.45) is 7.05 Å². The van der Waals surface area contributed by atoms with E-state index in [0.717, 1.165) is 56.2 Å². The standard InChI is InChI=1S/C18H26N4O2/c1-4-16-10-19-17(24-16)13-21(3)15-6-8-22(12-15)11-14-5-7-20(2)18(23)9-14/h5,7,9-10,15H,4,6,8,11-13H2,1-3H3/t15-/m0/s1. The Balaban J connectivity index is 1.54. The predicted molar refractivity (Wildman–Crippen MR) is 92.7 cm³/mol. The topological polar surface area (TPSA) is 54.5 Å². The molecule has 0 unspecified atom stereocenters. The van der Waals surface area contributed by atoms with Gasteiger partial charge in [-0.25, -0.2) is 4.98 Å². The Kier molecular flexibility index (Phi) is 5.16. The molecule has 1 aliphatic rings. The highest BCUT2D eigenvalue weighted by molar-refractivity contribution is 5.11. The number of oxazole rings is 1. The zero-order valence-electron chi connectivity index (χ0n) is 14.7. The summed E-state index contributed by atoms with van der Waals surface area (Å²) in [6, 6.07) is 4.25. The number of likely N-dealkylation sites (N-methyl/N-ethyl adjacent to an activating group) is 1. The maximum atomic E-state index is 11.7. The van der Waals surface area contributed by atoms with Gasteiger partial charge in [-0.3, -0.25) is 14.6 Å². The van der Waals surface area contributed by atoms with E-state index in [1.54, 1.807) is 17.7 Å². The van der Waals surface area contributed by atoms with Crippen molar-refractivity contribution in [3.63, 3.8) is 0 Å². The first kappa shape index (κ1) is 16.9. The minimum Gasteiger partial charge on any atom is -0.444 e. The lowest BCUT2D eigenvalue weighted by Gasteiger charge is -2.23. The maximum Gasteiger partial charge on any atom is 0.250 e. The Hall–Kier alpha value is -1.92. The number of aryl methyl sites for hydroxylation is 2. The summed E-state index contributed by atoms with van der Waals surface area (Å²) in [5.74, 6) is 1.73. The highest BCUT2D eigenvalue weighted by Gasteiger charge is 2.26. The molecule has 0 saturated carbocycles. The molecule has 1 atom stereocenters. The van der Waals surface area contributed by atoms with Gasteiger partial charge in [-0.15, -0.1) is 0 Å². The molecule has 6 heteroatoms. The lowest BCUT2D eigenvalue weighted by atomic mass is 10.2. The molecule has 0 radical (unpaired) electrons. The third kappa shape index (κ3) is 3.94. The van der Waals surface area contributed by atoms with Crippen LogP contribution in [0, 0.1) is 0 Å². The first-order chi connectivity index (χ1) is 11.5. The quantitative estimate of drug-likeness (QED) is 0.806. The van der Waals surface area contributed by atoms with Crippen LogP contribution in [0.5, 0.6) is 0 Å². The van der Waals surface area contributed by atoms with E-state index in [0.29, 0.717) is 6.04 Å². The van der Waals surface area contributed by atoms with Gasteiger partial charge in [0.05, 0.1) is 12.7 Å². The number of hydrogen-bond acceptors (Lipinski definition) is 5. The minimum absolute atomic E-state index is 0.0518. The van der Waals surface area contributed by atoms with Crippen LogP contribution in [-0.2, 0) is 26.6 Å². The Morgan fingerprint density at radius 1 is 1.46 bits per heavy atom. The minimum atomic E-state index is 0.0518. The molecule has 0 aliphatic carbocycles. The lowest BCUT2D eigenvalue weighted by molar-refractivity contribution is 0.204. The highest BCUT2D eigenvalue weighted by Crippen LogP contribution is 2.18.